The molecule has 2 N–H and O–H groups in total. The molecule has 2 heteroatoms. The van der Waals surface area contributed by atoms with Gasteiger partial charge in [-0.1, -0.05) is 6.42 Å². The number of hydrazine groups is 1. The molecule has 2 nitrogen and oxygen atoms in total. The van der Waals surface area contributed by atoms with E-state index in [1.165, 1.54) is 19.3 Å². The van der Waals surface area contributed by atoms with Crippen LogP contribution >= 0.6 is 0 Å². The zero-order valence-electron chi connectivity index (χ0n) is 6.28. The van der Waals surface area contributed by atoms with Crippen molar-refractivity contribution in [1.29, 1.82) is 0 Å². The van der Waals surface area contributed by atoms with E-state index in [9.17, 15) is 0 Å². The van der Waals surface area contributed by atoms with Gasteiger partial charge >= 0.3 is 0 Å². The molecule has 1 aliphatic rings. The molecule has 1 saturated heterocycles. The lowest BCUT2D eigenvalue weighted by Crippen LogP contribution is -2.41. The lowest BCUT2D eigenvalue weighted by Gasteiger charge is -2.11. The first-order valence-electron chi connectivity index (χ1n) is 3.80. The number of rotatable bonds is 0. The van der Waals surface area contributed by atoms with Gasteiger partial charge < -0.3 is 0 Å². The molecule has 0 aromatic carbocycles. The zero-order valence-corrected chi connectivity index (χ0v) is 6.28. The predicted octanol–water partition coefficient (Wildman–Crippen LogP) is 1.04. The molecule has 0 spiro atoms. The highest BCUT2D eigenvalue weighted by molar-refractivity contribution is 4.67. The van der Waals surface area contributed by atoms with E-state index in [0.29, 0.717) is 12.1 Å². The van der Waals surface area contributed by atoms with Gasteiger partial charge in [-0.15, -0.1) is 0 Å². The van der Waals surface area contributed by atoms with Crippen LogP contribution in [0.5, 0.6) is 0 Å². The third kappa shape index (κ3) is 2.33. The normalized spacial score (nSPS) is 38.0. The summed E-state index contributed by atoms with van der Waals surface area (Å²) in [5, 5.41) is 0. The second-order valence-electron chi connectivity index (χ2n) is 3.02. The van der Waals surface area contributed by atoms with E-state index >= 15 is 0 Å². The van der Waals surface area contributed by atoms with Crippen LogP contribution in [0.4, 0.5) is 0 Å². The van der Waals surface area contributed by atoms with Gasteiger partial charge in [-0.3, -0.25) is 10.9 Å². The molecule has 0 bridgehead atoms. The first-order valence-corrected chi connectivity index (χ1v) is 3.80. The maximum absolute atomic E-state index is 3.24. The van der Waals surface area contributed by atoms with Crippen LogP contribution in [0.25, 0.3) is 0 Å². The van der Waals surface area contributed by atoms with Crippen LogP contribution in [0, 0.1) is 0 Å². The largest absolute Gasteiger partial charge is 0.255 e. The Balaban J connectivity index is 2.25. The van der Waals surface area contributed by atoms with Crippen molar-refractivity contribution < 1.29 is 0 Å². The molecule has 0 radical (unpaired) electrons. The Bertz CT molecular complexity index is 73.0. The van der Waals surface area contributed by atoms with E-state index in [1.807, 2.05) is 0 Å². The highest BCUT2D eigenvalue weighted by Gasteiger charge is 2.09. The summed E-state index contributed by atoms with van der Waals surface area (Å²) in [5.41, 5.74) is 6.49. The highest BCUT2D eigenvalue weighted by atomic mass is 15.4. The fourth-order valence-electron chi connectivity index (χ4n) is 1.16. The Kier molecular flexibility index (Phi) is 2.49. The van der Waals surface area contributed by atoms with Crippen LogP contribution in [-0.2, 0) is 0 Å². The van der Waals surface area contributed by atoms with Gasteiger partial charge in [0.1, 0.15) is 0 Å². The van der Waals surface area contributed by atoms with Crippen LogP contribution in [0.2, 0.25) is 0 Å². The lowest BCUT2D eigenvalue weighted by atomic mass is 10.1. The van der Waals surface area contributed by atoms with Crippen LogP contribution in [-0.4, -0.2) is 12.1 Å². The van der Waals surface area contributed by atoms with Crippen molar-refractivity contribution in [3.63, 3.8) is 0 Å². The maximum Gasteiger partial charge on any atom is 0.0184 e. The summed E-state index contributed by atoms with van der Waals surface area (Å²) in [6, 6.07) is 1.30. The van der Waals surface area contributed by atoms with Crippen LogP contribution in [0.15, 0.2) is 0 Å². The molecule has 0 aromatic rings. The summed E-state index contributed by atoms with van der Waals surface area (Å²) in [6.07, 6.45) is 3.96. The Morgan fingerprint density at radius 3 is 1.89 bits per heavy atom. The molecule has 1 aliphatic heterocycles. The third-order valence-corrected chi connectivity index (χ3v) is 1.85. The van der Waals surface area contributed by atoms with Crippen molar-refractivity contribution >= 4 is 0 Å². The summed E-state index contributed by atoms with van der Waals surface area (Å²) < 4.78 is 0. The van der Waals surface area contributed by atoms with Crippen LogP contribution in [0.1, 0.15) is 33.1 Å². The Labute approximate surface area is 57.0 Å². The molecule has 0 aliphatic carbocycles. The molecule has 0 amide bonds. The summed E-state index contributed by atoms with van der Waals surface area (Å²) >= 11 is 0. The molecule has 54 valence electrons. The van der Waals surface area contributed by atoms with E-state index in [1.54, 1.807) is 0 Å². The van der Waals surface area contributed by atoms with E-state index in [-0.39, 0.29) is 0 Å². The van der Waals surface area contributed by atoms with Crippen molar-refractivity contribution in [2.45, 2.75) is 45.2 Å². The molecule has 0 unspecified atom stereocenters. The Hall–Kier alpha value is -0.0800. The van der Waals surface area contributed by atoms with Gasteiger partial charge in [0.2, 0.25) is 0 Å². The molecule has 2 atom stereocenters. The minimum absolute atomic E-state index is 0.648. The van der Waals surface area contributed by atoms with Crippen molar-refractivity contribution in [3.05, 3.63) is 0 Å². The smallest absolute Gasteiger partial charge is 0.0184 e. The number of hydrogen-bond donors (Lipinski definition) is 2. The van der Waals surface area contributed by atoms with Crippen LogP contribution < -0.4 is 10.9 Å². The topological polar surface area (TPSA) is 24.1 Å². The van der Waals surface area contributed by atoms with Crippen molar-refractivity contribution in [1.82, 2.24) is 10.9 Å². The van der Waals surface area contributed by atoms with Crippen molar-refractivity contribution in [2.75, 3.05) is 0 Å². The summed E-state index contributed by atoms with van der Waals surface area (Å²) in [5.74, 6) is 0. The number of nitrogens with one attached hydrogen (secondary N) is 2. The van der Waals surface area contributed by atoms with E-state index in [2.05, 4.69) is 24.7 Å². The fourth-order valence-corrected chi connectivity index (χ4v) is 1.16. The quantitative estimate of drug-likeness (QED) is 0.509. The first kappa shape index (κ1) is 7.03. The Morgan fingerprint density at radius 2 is 1.44 bits per heavy atom. The lowest BCUT2D eigenvalue weighted by molar-refractivity contribution is 0.428. The van der Waals surface area contributed by atoms with Gasteiger partial charge in [-0.05, 0) is 26.7 Å². The SMILES string of the molecule is C[C@@H]1CCC[C@@H](C)NN1. The van der Waals surface area contributed by atoms with Crippen LogP contribution in [0.3, 0.4) is 0 Å². The standard InChI is InChI=1S/C7H16N2/c1-6-4-3-5-7(2)9-8-6/h6-9H,3-5H2,1-2H3/t6-,7-/m1/s1. The molecule has 0 saturated carbocycles. The molecule has 1 heterocycles. The van der Waals surface area contributed by atoms with Gasteiger partial charge in [0.05, 0.1) is 0 Å². The highest BCUT2D eigenvalue weighted by Crippen LogP contribution is 2.06. The van der Waals surface area contributed by atoms with E-state index in [4.69, 9.17) is 0 Å². The first-order chi connectivity index (χ1) is 4.29. The molecule has 9 heavy (non-hydrogen) atoms. The van der Waals surface area contributed by atoms with Crippen molar-refractivity contribution in [2.24, 2.45) is 0 Å². The Morgan fingerprint density at radius 1 is 1.00 bits per heavy atom. The average Bonchev–Trinajstić information content (AvgIpc) is 1.97. The second kappa shape index (κ2) is 3.18. The van der Waals surface area contributed by atoms with Gasteiger partial charge in [0, 0.05) is 12.1 Å². The van der Waals surface area contributed by atoms with E-state index in [0.717, 1.165) is 0 Å². The maximum atomic E-state index is 3.24. The molecular weight excluding hydrogens is 112 g/mol. The molecule has 1 fully saturated rings. The molecular formula is C7H16N2. The van der Waals surface area contributed by atoms with Gasteiger partial charge in [0.15, 0.2) is 0 Å². The number of hydrogen-bond acceptors (Lipinski definition) is 2. The minimum atomic E-state index is 0.648. The van der Waals surface area contributed by atoms with Gasteiger partial charge in [0.25, 0.3) is 0 Å². The molecule has 1 rings (SSSR count). The second-order valence-corrected chi connectivity index (χ2v) is 3.02. The predicted molar refractivity (Wildman–Crippen MR) is 39.0 cm³/mol. The minimum Gasteiger partial charge on any atom is -0.255 e. The van der Waals surface area contributed by atoms with Crippen molar-refractivity contribution in [3.8, 4) is 0 Å². The summed E-state index contributed by atoms with van der Waals surface area (Å²) in [6.45, 7) is 4.43. The van der Waals surface area contributed by atoms with Gasteiger partial charge in [-0.2, -0.15) is 0 Å². The summed E-state index contributed by atoms with van der Waals surface area (Å²) in [7, 11) is 0. The zero-order chi connectivity index (χ0) is 6.69. The fraction of sp³-hybridized carbons (Fsp3) is 1.00. The average molecular weight is 128 g/mol. The van der Waals surface area contributed by atoms with Gasteiger partial charge in [-0.25, -0.2) is 0 Å². The van der Waals surface area contributed by atoms with E-state index < -0.39 is 0 Å². The monoisotopic (exact) mass is 128 g/mol. The summed E-state index contributed by atoms with van der Waals surface area (Å²) in [4.78, 5) is 0. The molecule has 0 aromatic heterocycles. The third-order valence-electron chi connectivity index (χ3n) is 1.85.